The van der Waals surface area contributed by atoms with Crippen molar-refractivity contribution in [2.24, 2.45) is 0 Å². The Kier molecular flexibility index (Phi) is 5.91. The molecule has 0 heterocycles. The second-order valence-electron chi connectivity index (χ2n) is 0.995. The van der Waals surface area contributed by atoms with E-state index in [9.17, 15) is 9.90 Å². The molecule has 0 amide bonds. The van der Waals surface area contributed by atoms with Gasteiger partial charge in [0.1, 0.15) is 0 Å². The molecule has 46 valence electrons. The summed E-state index contributed by atoms with van der Waals surface area (Å²) in [7, 11) is 0. The van der Waals surface area contributed by atoms with Crippen molar-refractivity contribution in [3.8, 4) is 0 Å². The van der Waals surface area contributed by atoms with Crippen LogP contribution in [0.5, 0.6) is 0 Å². The summed E-state index contributed by atoms with van der Waals surface area (Å²) in [6.45, 7) is 1.13. The van der Waals surface area contributed by atoms with Gasteiger partial charge in [0.25, 0.3) is 0 Å². The molecule has 0 aromatic rings. The first-order valence-corrected chi connectivity index (χ1v) is 1.53. The molecule has 0 saturated carbocycles. The topological polar surface area (TPSA) is 60.4 Å². The first-order chi connectivity index (χ1) is 2.64. The van der Waals surface area contributed by atoms with Gasteiger partial charge in [0.15, 0.2) is 0 Å². The monoisotopic (exact) mass is 152 g/mol. The predicted octanol–water partition coefficient (Wildman–Crippen LogP) is -1.89. The number of aliphatic hydroxyl groups is 1. The molecule has 0 spiro atoms. The summed E-state index contributed by atoms with van der Waals surface area (Å²) in [5, 5.41) is 17.3. The van der Waals surface area contributed by atoms with Crippen LogP contribution in [-0.4, -0.2) is 17.2 Å². The largest absolute Gasteiger partial charge is 1.00 e. The van der Waals surface area contributed by atoms with E-state index in [0.29, 0.717) is 0 Å². The summed E-state index contributed by atoms with van der Waals surface area (Å²) < 4.78 is 0. The zero-order valence-corrected chi connectivity index (χ0v) is 4.58. The minimum absolute atomic E-state index is 0. The number of carboxylic acid groups (broad SMARTS) is 1. The van der Waals surface area contributed by atoms with Crippen molar-refractivity contribution in [2.45, 2.75) is 13.0 Å². The molecule has 0 aliphatic rings. The molecule has 4 heteroatoms. The molecule has 0 aromatic heterocycles. The fourth-order valence-electron chi connectivity index (χ4n) is 0. The first-order valence-electron chi connectivity index (χ1n) is 1.53. The number of hydrogen-bond acceptors (Lipinski definition) is 3. The zero-order chi connectivity index (χ0) is 5.15. The van der Waals surface area contributed by atoms with E-state index in [-0.39, 0.29) is 17.1 Å². The van der Waals surface area contributed by atoms with E-state index in [4.69, 9.17) is 5.11 Å². The molecule has 0 fully saturated rings. The minimum atomic E-state index is -1.44. The van der Waals surface area contributed by atoms with Crippen molar-refractivity contribution in [3.05, 3.63) is 0 Å². The van der Waals surface area contributed by atoms with E-state index in [1.165, 1.54) is 0 Å². The molecule has 3 nitrogen and oxygen atoms in total. The van der Waals surface area contributed by atoms with Crippen LogP contribution in [0.25, 0.3) is 0 Å². The summed E-state index contributed by atoms with van der Waals surface area (Å²) in [5.74, 6) is -1.44. The SMILES string of the molecule is CC(O)C(=O)[O-].[Cu+]. The first kappa shape index (κ1) is 10.0. The van der Waals surface area contributed by atoms with Crippen LogP contribution in [-0.2, 0) is 21.9 Å². The molecule has 7 heavy (non-hydrogen) atoms. The standard InChI is InChI=1S/C3H6O3.Cu/c1-2(4)3(5)6;/h2,4H,1H3,(H,5,6);/q;+1/p-1. The van der Waals surface area contributed by atoms with Gasteiger partial charge < -0.3 is 15.0 Å². The van der Waals surface area contributed by atoms with Gasteiger partial charge in [-0.05, 0) is 6.92 Å². The van der Waals surface area contributed by atoms with Crippen LogP contribution in [0.15, 0.2) is 0 Å². The van der Waals surface area contributed by atoms with E-state index in [1.807, 2.05) is 0 Å². The number of rotatable bonds is 1. The predicted molar refractivity (Wildman–Crippen MR) is 16.7 cm³/mol. The second-order valence-corrected chi connectivity index (χ2v) is 0.995. The molecule has 1 N–H and O–H groups in total. The molecule has 0 radical (unpaired) electrons. The number of carbonyl (C=O) groups is 1. The van der Waals surface area contributed by atoms with Crippen molar-refractivity contribution in [1.29, 1.82) is 0 Å². The van der Waals surface area contributed by atoms with E-state index in [1.54, 1.807) is 0 Å². The van der Waals surface area contributed by atoms with E-state index < -0.39 is 12.1 Å². The molecular formula is C3H5CuO3. The maximum Gasteiger partial charge on any atom is 1.00 e. The van der Waals surface area contributed by atoms with Crippen LogP contribution in [0.4, 0.5) is 0 Å². The Balaban J connectivity index is 0. The van der Waals surface area contributed by atoms with E-state index >= 15 is 0 Å². The van der Waals surface area contributed by atoms with Gasteiger partial charge in [-0.15, -0.1) is 0 Å². The zero-order valence-electron chi connectivity index (χ0n) is 3.64. The average molecular weight is 153 g/mol. The van der Waals surface area contributed by atoms with E-state index in [2.05, 4.69) is 0 Å². The Bertz CT molecular complexity index is 61.2. The van der Waals surface area contributed by atoms with Gasteiger partial charge in [0, 0.05) is 0 Å². The number of hydrogen-bond donors (Lipinski definition) is 1. The molecule has 1 unspecified atom stereocenters. The summed E-state index contributed by atoms with van der Waals surface area (Å²) in [6.07, 6.45) is -1.34. The van der Waals surface area contributed by atoms with Crippen LogP contribution in [0, 0.1) is 0 Å². The second kappa shape index (κ2) is 4.12. The minimum Gasteiger partial charge on any atom is -0.547 e. The molecule has 0 rings (SSSR count). The van der Waals surface area contributed by atoms with Crippen LogP contribution in [0.1, 0.15) is 6.92 Å². The van der Waals surface area contributed by atoms with Gasteiger partial charge in [0.2, 0.25) is 0 Å². The summed E-state index contributed by atoms with van der Waals surface area (Å²) in [4.78, 5) is 9.34. The van der Waals surface area contributed by atoms with Crippen molar-refractivity contribution in [3.63, 3.8) is 0 Å². The van der Waals surface area contributed by atoms with Gasteiger partial charge >= 0.3 is 17.1 Å². The Labute approximate surface area is 51.8 Å². The van der Waals surface area contributed by atoms with Crippen LogP contribution in [0.3, 0.4) is 0 Å². The smallest absolute Gasteiger partial charge is 0.547 e. The molecular weight excluding hydrogens is 148 g/mol. The van der Waals surface area contributed by atoms with Gasteiger partial charge in [-0.3, -0.25) is 0 Å². The summed E-state index contributed by atoms with van der Waals surface area (Å²) in [6, 6.07) is 0. The van der Waals surface area contributed by atoms with Crippen LogP contribution in [0.2, 0.25) is 0 Å². The molecule has 0 saturated heterocycles. The Morgan fingerprint density at radius 3 is 2.00 bits per heavy atom. The normalized spacial score (nSPS) is 11.7. The third-order valence-electron chi connectivity index (χ3n) is 0.341. The van der Waals surface area contributed by atoms with Crippen molar-refractivity contribution < 1.29 is 32.1 Å². The fraction of sp³-hybridized carbons (Fsp3) is 0.667. The fourth-order valence-corrected chi connectivity index (χ4v) is 0. The van der Waals surface area contributed by atoms with Gasteiger partial charge in [-0.25, -0.2) is 0 Å². The van der Waals surface area contributed by atoms with E-state index in [0.717, 1.165) is 6.92 Å². The molecule has 0 aliphatic heterocycles. The maximum absolute atomic E-state index is 9.34. The summed E-state index contributed by atoms with van der Waals surface area (Å²) >= 11 is 0. The maximum atomic E-state index is 9.34. The average Bonchev–Trinajstić information content (AvgIpc) is 1.36. The molecule has 0 bridgehead atoms. The molecule has 0 aromatic carbocycles. The Hall–Kier alpha value is -0.0505. The van der Waals surface area contributed by atoms with Gasteiger partial charge in [-0.2, -0.15) is 0 Å². The number of aliphatic carboxylic acids is 1. The number of carboxylic acids is 1. The number of carbonyl (C=O) groups excluding carboxylic acids is 1. The molecule has 1 atom stereocenters. The van der Waals surface area contributed by atoms with Gasteiger partial charge in [0.05, 0.1) is 12.1 Å². The van der Waals surface area contributed by atoms with Crippen LogP contribution < -0.4 is 5.11 Å². The molecule has 0 aliphatic carbocycles. The van der Waals surface area contributed by atoms with Crippen molar-refractivity contribution >= 4 is 5.97 Å². The Morgan fingerprint density at radius 2 is 2.00 bits per heavy atom. The van der Waals surface area contributed by atoms with Crippen molar-refractivity contribution in [1.82, 2.24) is 0 Å². The number of aliphatic hydroxyl groups excluding tert-OH is 1. The Morgan fingerprint density at radius 1 is 1.86 bits per heavy atom. The van der Waals surface area contributed by atoms with Gasteiger partial charge in [-0.1, -0.05) is 0 Å². The third-order valence-corrected chi connectivity index (χ3v) is 0.341. The third kappa shape index (κ3) is 5.95. The quantitative estimate of drug-likeness (QED) is 0.448. The van der Waals surface area contributed by atoms with Crippen LogP contribution >= 0.6 is 0 Å². The summed E-state index contributed by atoms with van der Waals surface area (Å²) in [5.41, 5.74) is 0. The van der Waals surface area contributed by atoms with Crippen molar-refractivity contribution in [2.75, 3.05) is 0 Å².